The first kappa shape index (κ1) is 18.7. The van der Waals surface area contributed by atoms with Crippen molar-refractivity contribution in [2.45, 2.75) is 19.3 Å². The Morgan fingerprint density at radius 2 is 1.69 bits per heavy atom. The highest BCUT2D eigenvalue weighted by atomic mass is 35.5. The minimum absolute atomic E-state index is 0.294. The number of nitrogens with one attached hydrogen (secondary N) is 2. The molecule has 0 aliphatic heterocycles. The van der Waals surface area contributed by atoms with E-state index in [1.54, 1.807) is 30.3 Å². The first-order valence-corrected chi connectivity index (χ1v) is 8.95. The summed E-state index contributed by atoms with van der Waals surface area (Å²) in [6.45, 7) is 0.381. The van der Waals surface area contributed by atoms with Crippen molar-refractivity contribution in [3.05, 3.63) is 63.9 Å². The van der Waals surface area contributed by atoms with E-state index in [2.05, 4.69) is 10.6 Å². The molecule has 2 aromatic carbocycles. The molecule has 2 amide bonds. The van der Waals surface area contributed by atoms with Crippen LogP contribution < -0.4 is 10.6 Å². The molecule has 0 heterocycles. The minimum atomic E-state index is -1.03. The Hall–Kier alpha value is -2.11. The summed E-state index contributed by atoms with van der Waals surface area (Å²) in [4.78, 5) is 25.0. The monoisotopic (exact) mass is 394 g/mol. The molecule has 3 rings (SSSR count). The van der Waals surface area contributed by atoms with Gasteiger partial charge in [0.25, 0.3) is 0 Å². The van der Waals surface area contributed by atoms with Crippen LogP contribution in [-0.2, 0) is 16.0 Å². The average molecular weight is 395 g/mol. The highest BCUT2D eigenvalue weighted by molar-refractivity contribution is 6.42. The smallest absolute Gasteiger partial charge is 0.240 e. The molecular formula is C19H17Cl2FN2O2. The van der Waals surface area contributed by atoms with Crippen LogP contribution in [0.3, 0.4) is 0 Å². The van der Waals surface area contributed by atoms with Crippen molar-refractivity contribution in [3.8, 4) is 0 Å². The molecule has 0 bridgehead atoms. The Morgan fingerprint density at radius 1 is 1.00 bits per heavy atom. The van der Waals surface area contributed by atoms with Gasteiger partial charge in [0.05, 0.1) is 10.0 Å². The molecule has 0 spiro atoms. The molecule has 0 aromatic heterocycles. The fourth-order valence-corrected chi connectivity index (χ4v) is 2.95. The van der Waals surface area contributed by atoms with Crippen molar-refractivity contribution in [2.24, 2.45) is 5.41 Å². The first-order chi connectivity index (χ1) is 12.4. The Morgan fingerprint density at radius 3 is 2.31 bits per heavy atom. The molecule has 0 saturated heterocycles. The molecule has 7 heteroatoms. The second-order valence-electron chi connectivity index (χ2n) is 6.30. The zero-order valence-electron chi connectivity index (χ0n) is 13.8. The quantitative estimate of drug-likeness (QED) is 0.720. The molecule has 2 aromatic rings. The standard InChI is InChI=1S/C19H17Cl2FN2O2/c20-15-6-5-14(11-16(15)21)24-18(26)19(8-9-19)17(25)23-10-7-12-1-3-13(22)4-2-12/h1-6,11H,7-10H2,(H,23,25)(H,24,26). The van der Waals surface area contributed by atoms with E-state index in [-0.39, 0.29) is 17.6 Å². The third-order valence-corrected chi connectivity index (χ3v) is 5.15. The summed E-state index contributed by atoms with van der Waals surface area (Å²) in [6.07, 6.45) is 1.57. The van der Waals surface area contributed by atoms with E-state index in [1.807, 2.05) is 0 Å². The summed E-state index contributed by atoms with van der Waals surface area (Å²) >= 11 is 11.8. The van der Waals surface area contributed by atoms with Gasteiger partial charge in [-0.2, -0.15) is 0 Å². The van der Waals surface area contributed by atoms with Crippen molar-refractivity contribution in [2.75, 3.05) is 11.9 Å². The number of carbonyl (C=O) groups is 2. The highest BCUT2D eigenvalue weighted by Crippen LogP contribution is 2.47. The molecule has 1 aliphatic rings. The lowest BCUT2D eigenvalue weighted by Gasteiger charge is -2.16. The predicted octanol–water partition coefficient (Wildman–Crippen LogP) is 4.21. The summed E-state index contributed by atoms with van der Waals surface area (Å²) in [6, 6.07) is 10.9. The number of carbonyl (C=O) groups excluding carboxylic acids is 2. The molecule has 1 saturated carbocycles. The molecule has 0 atom stereocenters. The molecule has 4 nitrogen and oxygen atoms in total. The van der Waals surface area contributed by atoms with E-state index in [0.29, 0.717) is 41.5 Å². The van der Waals surface area contributed by atoms with Crippen molar-refractivity contribution in [3.63, 3.8) is 0 Å². The van der Waals surface area contributed by atoms with Crippen LogP contribution in [0.5, 0.6) is 0 Å². The molecule has 1 aliphatic carbocycles. The maximum atomic E-state index is 12.9. The van der Waals surface area contributed by atoms with Gasteiger partial charge in [-0.3, -0.25) is 9.59 Å². The van der Waals surface area contributed by atoms with Crippen molar-refractivity contribution >= 4 is 40.7 Å². The van der Waals surface area contributed by atoms with E-state index >= 15 is 0 Å². The molecule has 26 heavy (non-hydrogen) atoms. The van der Waals surface area contributed by atoms with Crippen LogP contribution in [0.4, 0.5) is 10.1 Å². The second kappa shape index (κ2) is 7.64. The average Bonchev–Trinajstić information content (AvgIpc) is 3.42. The van der Waals surface area contributed by atoms with Gasteiger partial charge >= 0.3 is 0 Å². The van der Waals surface area contributed by atoms with Crippen LogP contribution >= 0.6 is 23.2 Å². The lowest BCUT2D eigenvalue weighted by molar-refractivity contribution is -0.134. The van der Waals surface area contributed by atoms with Gasteiger partial charge in [-0.05, 0) is 55.2 Å². The van der Waals surface area contributed by atoms with Crippen LogP contribution in [0.1, 0.15) is 18.4 Å². The Labute approximate surface area is 160 Å². The van der Waals surface area contributed by atoms with E-state index in [4.69, 9.17) is 23.2 Å². The molecule has 136 valence electrons. The maximum absolute atomic E-state index is 12.9. The minimum Gasteiger partial charge on any atom is -0.355 e. The van der Waals surface area contributed by atoms with Crippen molar-refractivity contribution < 1.29 is 14.0 Å². The normalized spacial score (nSPS) is 14.6. The number of benzene rings is 2. The first-order valence-electron chi connectivity index (χ1n) is 8.20. The van der Waals surface area contributed by atoms with Gasteiger partial charge < -0.3 is 10.6 Å². The zero-order valence-corrected chi connectivity index (χ0v) is 15.3. The number of amides is 2. The van der Waals surface area contributed by atoms with E-state index < -0.39 is 5.41 Å². The SMILES string of the molecule is O=C(NCCc1ccc(F)cc1)C1(C(=O)Nc2ccc(Cl)c(Cl)c2)CC1. The van der Waals surface area contributed by atoms with Gasteiger partial charge in [0.15, 0.2) is 0 Å². The molecule has 1 fully saturated rings. The molecular weight excluding hydrogens is 378 g/mol. The van der Waals surface area contributed by atoms with Crippen LogP contribution in [0, 0.1) is 11.2 Å². The number of hydrogen-bond donors (Lipinski definition) is 2. The van der Waals surface area contributed by atoms with Gasteiger partial charge in [0, 0.05) is 12.2 Å². The lowest BCUT2D eigenvalue weighted by atomic mass is 10.0. The van der Waals surface area contributed by atoms with Gasteiger partial charge in [0.1, 0.15) is 11.2 Å². The fraction of sp³-hybridized carbons (Fsp3) is 0.263. The largest absolute Gasteiger partial charge is 0.355 e. The van der Waals surface area contributed by atoms with Crippen molar-refractivity contribution in [1.82, 2.24) is 5.32 Å². The van der Waals surface area contributed by atoms with Crippen LogP contribution in [-0.4, -0.2) is 18.4 Å². The van der Waals surface area contributed by atoms with Gasteiger partial charge in [-0.1, -0.05) is 35.3 Å². The fourth-order valence-electron chi connectivity index (χ4n) is 2.65. The van der Waals surface area contributed by atoms with E-state index in [9.17, 15) is 14.0 Å². The van der Waals surface area contributed by atoms with E-state index in [1.165, 1.54) is 12.1 Å². The summed E-state index contributed by atoms with van der Waals surface area (Å²) < 4.78 is 12.9. The zero-order chi connectivity index (χ0) is 18.7. The number of rotatable bonds is 6. The molecule has 0 radical (unpaired) electrons. The summed E-state index contributed by atoms with van der Waals surface area (Å²) in [7, 11) is 0. The van der Waals surface area contributed by atoms with E-state index in [0.717, 1.165) is 5.56 Å². The third-order valence-electron chi connectivity index (χ3n) is 4.41. The number of anilines is 1. The summed E-state index contributed by atoms with van der Waals surface area (Å²) in [5, 5.41) is 6.24. The number of halogens is 3. The topological polar surface area (TPSA) is 58.2 Å². The highest BCUT2D eigenvalue weighted by Gasteiger charge is 2.56. The molecule has 2 N–H and O–H groups in total. The number of hydrogen-bond acceptors (Lipinski definition) is 2. The van der Waals surface area contributed by atoms with Crippen LogP contribution in [0.15, 0.2) is 42.5 Å². The lowest BCUT2D eigenvalue weighted by Crippen LogP contribution is -2.40. The third kappa shape index (κ3) is 4.17. The summed E-state index contributed by atoms with van der Waals surface area (Å²) in [5.41, 5.74) is 0.376. The van der Waals surface area contributed by atoms with Gasteiger partial charge in [0.2, 0.25) is 11.8 Å². The Bertz CT molecular complexity index is 836. The maximum Gasteiger partial charge on any atom is 0.240 e. The van der Waals surface area contributed by atoms with Gasteiger partial charge in [-0.15, -0.1) is 0 Å². The van der Waals surface area contributed by atoms with Crippen molar-refractivity contribution in [1.29, 1.82) is 0 Å². The van der Waals surface area contributed by atoms with Crippen LogP contribution in [0.25, 0.3) is 0 Å². The summed E-state index contributed by atoms with van der Waals surface area (Å²) in [5.74, 6) is -0.943. The second-order valence-corrected chi connectivity index (χ2v) is 7.11. The molecule has 0 unspecified atom stereocenters. The predicted molar refractivity (Wildman–Crippen MR) is 99.9 cm³/mol. The van der Waals surface area contributed by atoms with Crippen LogP contribution in [0.2, 0.25) is 10.0 Å². The Balaban J connectivity index is 1.55. The van der Waals surface area contributed by atoms with Gasteiger partial charge in [-0.25, -0.2) is 4.39 Å². The Kier molecular flexibility index (Phi) is 5.49.